The number of carboxylic acid groups (broad SMARTS) is 9. The van der Waals surface area contributed by atoms with Crippen LogP contribution in [-0.4, -0.2) is 494 Å². The number of aromatic nitrogens is 9. The van der Waals surface area contributed by atoms with E-state index in [9.17, 15) is 109 Å². The van der Waals surface area contributed by atoms with E-state index in [0.717, 1.165) is 19.3 Å². The van der Waals surface area contributed by atoms with Crippen LogP contribution in [0.1, 0.15) is 77.6 Å². The van der Waals surface area contributed by atoms with E-state index in [1.54, 1.807) is 69.9 Å². The molecule has 730 valence electrons. The van der Waals surface area contributed by atoms with E-state index in [-0.39, 0.29) is 430 Å². The van der Waals surface area contributed by atoms with Gasteiger partial charge in [-0.25, -0.2) is 14.0 Å². The molecule has 3 fully saturated rings. The number of β-amino-alcohol motifs (C(OH)–C–C–N with tert-alkyl or cyclic N) is 3. The van der Waals surface area contributed by atoms with Gasteiger partial charge in [0.15, 0.2) is 0 Å². The van der Waals surface area contributed by atoms with Crippen LogP contribution in [0.2, 0.25) is 0 Å². The average Bonchev–Trinajstić information content (AvgIpc) is 1.68. The maximum atomic E-state index is 13.2. The number of nitrogens with zero attached hydrogens (tertiary/aromatic N) is 20. The average molecular weight is 2260 g/mol. The molecule has 3 unspecified atom stereocenters. The summed E-state index contributed by atoms with van der Waals surface area (Å²) in [4.78, 5) is 140. The number of ether oxygens (including phenoxy) is 3. The summed E-state index contributed by atoms with van der Waals surface area (Å²) in [5.74, 6) is -9.25. The fourth-order valence-electron chi connectivity index (χ4n) is 15.2. The van der Waals surface area contributed by atoms with Gasteiger partial charge in [0.1, 0.15) is 22.8 Å². The van der Waals surface area contributed by atoms with E-state index in [4.69, 9.17) is 14.2 Å². The zero-order chi connectivity index (χ0) is 91.3. The van der Waals surface area contributed by atoms with Crippen LogP contribution in [0.25, 0.3) is 33.8 Å². The van der Waals surface area contributed by atoms with Crippen molar-refractivity contribution in [1.29, 1.82) is 0 Å². The normalized spacial score (nSPS) is 17.6. The van der Waals surface area contributed by atoms with E-state index in [1.165, 1.54) is 26.9 Å². The molecule has 0 radical (unpaired) electrons. The largest absolute Gasteiger partial charge is 0.492 e. The van der Waals surface area contributed by atoms with E-state index < -0.39 is 72.0 Å². The fourth-order valence-corrected chi connectivity index (χ4v) is 15.2. The Labute approximate surface area is 846 Å². The zero-order valence-corrected chi connectivity index (χ0v) is 80.1. The van der Waals surface area contributed by atoms with E-state index in [1.807, 2.05) is 14.7 Å². The van der Waals surface area contributed by atoms with Crippen molar-refractivity contribution in [3.05, 3.63) is 36.6 Å². The van der Waals surface area contributed by atoms with E-state index in [0.29, 0.717) is 55.3 Å². The minimum absolute atomic E-state index is 0. The molecule has 3 aromatic heterocycles. The summed E-state index contributed by atoms with van der Waals surface area (Å²) in [6.45, 7) is 5.31. The number of carbonyl (C=O) groups excluding carboxylic acids is 1. The molecule has 4 aromatic rings. The fraction of sp³-hybridized carbons (Fsp3) is 0.713. The summed E-state index contributed by atoms with van der Waals surface area (Å²) in [6, 6.07) is 3.43. The van der Waals surface area contributed by atoms with Crippen molar-refractivity contribution in [2.75, 3.05) is 256 Å². The molecular formula is C80H130Gd3N21O25-. The Morgan fingerprint density at radius 3 is 0.992 bits per heavy atom. The van der Waals surface area contributed by atoms with Gasteiger partial charge in [0.25, 0.3) is 5.97 Å². The first-order valence-corrected chi connectivity index (χ1v) is 43.1. The number of nitrogens with one attached hydrogen (secondary N) is 1. The molecule has 3 atom stereocenters. The Morgan fingerprint density at radius 2 is 0.651 bits per heavy atom. The SMILES string of the molecule is CCCCCCCOCCOCCNC(=O)CCCCOc1c(-c2cn(CC(O)CN3CCN(CC(=O)O)CCN(CC(=O)O)CCN(CC(=O)O)CC3)nn2)cc(-c2cn(CC(O)CN3CC[C-](CC(=O)O)CCN(CC(=O)O)CCN(CC(=O)O)CC3)nn2)cc1-c1cn(CC(O)CN2CCN(CC(=O)O)CCN(CC(=O)O)CCN(CC(=O)O)CC2)nn1.[Gd].[Gd].[Gd]. The van der Waals surface area contributed by atoms with Crippen molar-refractivity contribution in [1.82, 2.24) is 104 Å². The van der Waals surface area contributed by atoms with Crippen LogP contribution in [0.15, 0.2) is 30.7 Å². The number of amides is 1. The smallest absolute Gasteiger partial charge is 0.317 e. The third-order valence-electron chi connectivity index (χ3n) is 21.7. The maximum Gasteiger partial charge on any atom is 0.317 e. The van der Waals surface area contributed by atoms with Crippen molar-refractivity contribution < 1.29 is 243 Å². The van der Waals surface area contributed by atoms with Crippen LogP contribution in [0, 0.1) is 126 Å². The predicted molar refractivity (Wildman–Crippen MR) is 451 cm³/mol. The Balaban J connectivity index is 0.0000116. The second-order valence-electron chi connectivity index (χ2n) is 32.2. The van der Waals surface area contributed by atoms with Crippen molar-refractivity contribution in [3.8, 4) is 39.5 Å². The molecule has 3 aliphatic rings. The minimum atomic E-state index is -1.18. The second kappa shape index (κ2) is 64.4. The Hall–Kier alpha value is -5.53. The van der Waals surface area contributed by atoms with Crippen LogP contribution in [-0.2, 0) is 77.1 Å². The first-order valence-electron chi connectivity index (χ1n) is 43.1. The van der Waals surface area contributed by atoms with Crippen LogP contribution in [0.3, 0.4) is 0 Å². The molecule has 3 saturated heterocycles. The predicted octanol–water partition coefficient (Wildman–Crippen LogP) is -2.92. The summed E-state index contributed by atoms with van der Waals surface area (Å²) in [5, 5.41) is 155. The number of carbonyl (C=O) groups is 10. The van der Waals surface area contributed by atoms with Gasteiger partial charge in [-0.15, -0.1) is 15.3 Å². The van der Waals surface area contributed by atoms with Crippen molar-refractivity contribution in [3.63, 3.8) is 0 Å². The van der Waals surface area contributed by atoms with Gasteiger partial charge in [0.2, 0.25) is 5.91 Å². The number of hydrogen-bond acceptors (Lipinski definition) is 33. The molecule has 0 bridgehead atoms. The van der Waals surface area contributed by atoms with Gasteiger partial charge in [0, 0.05) is 307 Å². The topological polar surface area (TPSA) is 581 Å². The third-order valence-corrected chi connectivity index (χ3v) is 21.7. The quantitative estimate of drug-likeness (QED) is 0.0156. The van der Waals surface area contributed by atoms with Gasteiger partial charge < -0.3 is 91.6 Å². The van der Waals surface area contributed by atoms with E-state index >= 15 is 0 Å². The van der Waals surface area contributed by atoms with Gasteiger partial charge in [0.05, 0.1) is 135 Å². The molecule has 1 amide bonds. The minimum Gasteiger partial charge on any atom is -0.492 e. The van der Waals surface area contributed by atoms with Crippen LogP contribution in [0.4, 0.5) is 0 Å². The maximum absolute atomic E-state index is 13.2. The first kappa shape index (κ1) is 116. The molecule has 129 heavy (non-hydrogen) atoms. The van der Waals surface area contributed by atoms with Crippen LogP contribution < -0.4 is 10.1 Å². The molecule has 0 spiro atoms. The summed E-state index contributed by atoms with van der Waals surface area (Å²) >= 11 is 0. The molecule has 0 aliphatic carbocycles. The third kappa shape index (κ3) is 48.5. The van der Waals surface area contributed by atoms with Gasteiger partial charge in [-0.05, 0) is 44.5 Å². The Bertz CT molecular complexity index is 3760. The molecule has 46 nitrogen and oxygen atoms in total. The van der Waals surface area contributed by atoms with Gasteiger partial charge in [-0.1, -0.05) is 54.7 Å². The number of hydrogen-bond donors (Lipinski definition) is 13. The molecule has 13 N–H and O–H groups in total. The van der Waals surface area contributed by atoms with Crippen molar-refractivity contribution >= 4 is 59.6 Å². The number of aliphatic carboxylic acids is 9. The zero-order valence-electron chi connectivity index (χ0n) is 73.3. The molecule has 0 saturated carbocycles. The number of carboxylic acids is 9. The van der Waals surface area contributed by atoms with Gasteiger partial charge in [-0.3, -0.25) is 96.9 Å². The molecule has 49 heteroatoms. The van der Waals surface area contributed by atoms with Crippen molar-refractivity contribution in [2.45, 2.75) is 115 Å². The molecule has 1 aromatic carbocycles. The number of unbranched alkanes of at least 4 members (excludes halogenated alkanes) is 5. The number of benzene rings is 1. The number of aliphatic hydroxyl groups excluding tert-OH is 3. The van der Waals surface area contributed by atoms with Crippen molar-refractivity contribution in [2.24, 2.45) is 0 Å². The summed E-state index contributed by atoms with van der Waals surface area (Å²) < 4.78 is 22.5. The Morgan fingerprint density at radius 1 is 0.357 bits per heavy atom. The van der Waals surface area contributed by atoms with Crippen LogP contribution in [0.5, 0.6) is 5.75 Å². The summed E-state index contributed by atoms with van der Waals surface area (Å²) in [6.07, 6.45) is 7.94. The Kier molecular flexibility index (Phi) is 57.8. The van der Waals surface area contributed by atoms with Gasteiger partial charge >= 0.3 is 47.8 Å². The molecular weight excluding hydrogens is 2130 g/mol. The van der Waals surface area contributed by atoms with Gasteiger partial charge in [-0.2, -0.15) is 12.8 Å². The van der Waals surface area contributed by atoms with Crippen LogP contribution >= 0.6 is 0 Å². The first-order chi connectivity index (χ1) is 60.4. The standard InChI is InChI=1S/C80H130N21O25.3Gd/c1-2-3-4-5-7-35-124-38-39-125-37-12-81-70(105)9-6-8-36-126-80-65(68-50-100(86-83-68)47-63(103)44-90-17-23-93(54-74(112)113)27-31-97(58-78(120)121)32-28-94(24-18-90)55-75(114)115)41-61(67-49-99(85-82-67)46-62(102)43-88-13-10-60(40-71(106)107)11-14-89(52-72(108)109)16-22-92(21-15-88)53-73(110)111)42-66(80)69-51-101(87-84-69)48-64(104)45-91-19-25-95(56-76(116)117)29-33-98(59-79(122)123)34-30-96(26-20-91)57-77(118)119;;;/h41-42,49-51,62-64,102-104H,2-40,43-48,52-59H2,1H3,(H,81,105)(H,106,107)(H,108,109)(H,110,111)(H,112,113)(H,114,115)(H,116,117)(H,118,119)(H,120,121)(H,122,123);;;/q-1;;;. The monoisotopic (exact) mass is 2260 g/mol. The molecule has 7 rings (SSSR count). The summed E-state index contributed by atoms with van der Waals surface area (Å²) in [5.41, 5.74) is 1.61. The number of aliphatic hydroxyl groups is 3. The number of rotatable bonds is 51. The molecule has 3 aliphatic heterocycles. The molecule has 6 heterocycles. The van der Waals surface area contributed by atoms with E-state index in [2.05, 4.69) is 43.2 Å². The second-order valence-corrected chi connectivity index (χ2v) is 32.2. The summed E-state index contributed by atoms with van der Waals surface area (Å²) in [7, 11) is 0.